The fraction of sp³-hybridized carbons (Fsp3) is 0.500. The first kappa shape index (κ1) is 14.7. The van der Waals surface area contributed by atoms with Crippen LogP contribution in [0.2, 0.25) is 5.02 Å². The Morgan fingerprint density at radius 3 is 3.00 bits per heavy atom. The zero-order valence-corrected chi connectivity index (χ0v) is 12.3. The van der Waals surface area contributed by atoms with Crippen molar-refractivity contribution in [2.45, 2.75) is 13.0 Å². The van der Waals surface area contributed by atoms with Gasteiger partial charge in [-0.3, -0.25) is 0 Å². The zero-order valence-electron chi connectivity index (χ0n) is 10.8. The molecule has 0 radical (unpaired) electrons. The lowest BCUT2D eigenvalue weighted by Gasteiger charge is -2.35. The Labute approximate surface area is 119 Å². The van der Waals surface area contributed by atoms with Crippen LogP contribution in [0.4, 0.5) is 0 Å². The first-order chi connectivity index (χ1) is 9.04. The molecule has 0 amide bonds. The molecule has 1 unspecified atom stereocenters. The Hall–Kier alpha value is -0.660. The summed E-state index contributed by atoms with van der Waals surface area (Å²) in [5, 5.41) is 3.83. The van der Waals surface area contributed by atoms with Crippen molar-refractivity contribution in [2.75, 3.05) is 26.2 Å². The maximum atomic E-state index is 12.2. The van der Waals surface area contributed by atoms with Gasteiger partial charge in [0.25, 0.3) is 10.2 Å². The molecular formula is C12H18ClN3O2S. The number of benzene rings is 1. The third kappa shape index (κ3) is 3.46. The summed E-state index contributed by atoms with van der Waals surface area (Å²) < 4.78 is 28.5. The van der Waals surface area contributed by atoms with E-state index in [9.17, 15) is 8.42 Å². The van der Waals surface area contributed by atoms with Gasteiger partial charge in [-0.2, -0.15) is 12.7 Å². The molecule has 0 bridgehead atoms. The second-order valence-corrected chi connectivity index (χ2v) is 6.53. The maximum Gasteiger partial charge on any atom is 0.280 e. The molecule has 106 valence electrons. The van der Waals surface area contributed by atoms with Gasteiger partial charge in [0.2, 0.25) is 0 Å². The summed E-state index contributed by atoms with van der Waals surface area (Å²) in [6.07, 6.45) is 0. The van der Waals surface area contributed by atoms with Crippen LogP contribution in [0.1, 0.15) is 18.5 Å². The Kier molecular flexibility index (Phi) is 4.81. The van der Waals surface area contributed by atoms with Crippen LogP contribution in [0.15, 0.2) is 24.3 Å². The largest absolute Gasteiger partial charge is 0.313 e. The van der Waals surface area contributed by atoms with Crippen molar-refractivity contribution in [1.82, 2.24) is 14.3 Å². The van der Waals surface area contributed by atoms with Crippen LogP contribution >= 0.6 is 11.6 Å². The van der Waals surface area contributed by atoms with Crippen molar-refractivity contribution in [1.29, 1.82) is 0 Å². The van der Waals surface area contributed by atoms with Gasteiger partial charge in [0.05, 0.1) is 6.04 Å². The minimum absolute atomic E-state index is 0.225. The number of piperazine rings is 1. The number of halogens is 1. The van der Waals surface area contributed by atoms with E-state index in [0.29, 0.717) is 31.2 Å². The maximum absolute atomic E-state index is 12.2. The molecule has 1 aliphatic heterocycles. The van der Waals surface area contributed by atoms with E-state index in [0.717, 1.165) is 5.56 Å². The molecule has 1 aliphatic rings. The summed E-state index contributed by atoms with van der Waals surface area (Å²) in [4.78, 5) is 0. The van der Waals surface area contributed by atoms with Crippen LogP contribution in [0.3, 0.4) is 0 Å². The smallest absolute Gasteiger partial charge is 0.280 e. The SMILES string of the molecule is CCNS(=O)(=O)N1CCNCC1c1cccc(Cl)c1. The molecular weight excluding hydrogens is 286 g/mol. The average molecular weight is 304 g/mol. The van der Waals surface area contributed by atoms with E-state index in [1.165, 1.54) is 4.31 Å². The van der Waals surface area contributed by atoms with E-state index < -0.39 is 10.2 Å². The van der Waals surface area contributed by atoms with Gasteiger partial charge < -0.3 is 5.32 Å². The fourth-order valence-corrected chi connectivity index (χ4v) is 3.83. The molecule has 2 rings (SSSR count). The van der Waals surface area contributed by atoms with E-state index in [1.54, 1.807) is 13.0 Å². The molecule has 5 nitrogen and oxygen atoms in total. The van der Waals surface area contributed by atoms with E-state index in [2.05, 4.69) is 10.0 Å². The van der Waals surface area contributed by atoms with E-state index in [4.69, 9.17) is 11.6 Å². The molecule has 0 saturated carbocycles. The van der Waals surface area contributed by atoms with Crippen molar-refractivity contribution in [2.24, 2.45) is 0 Å². The Morgan fingerprint density at radius 2 is 2.32 bits per heavy atom. The molecule has 1 fully saturated rings. The molecule has 1 atom stereocenters. The molecule has 0 aromatic heterocycles. The molecule has 1 aromatic carbocycles. The van der Waals surface area contributed by atoms with Gasteiger partial charge in [0.15, 0.2) is 0 Å². The van der Waals surface area contributed by atoms with Gasteiger partial charge in [-0.1, -0.05) is 30.7 Å². The lowest BCUT2D eigenvalue weighted by molar-refractivity contribution is 0.268. The van der Waals surface area contributed by atoms with Crippen LogP contribution in [-0.2, 0) is 10.2 Å². The van der Waals surface area contributed by atoms with E-state index in [-0.39, 0.29) is 6.04 Å². The molecule has 7 heteroatoms. The number of rotatable bonds is 4. The third-order valence-electron chi connectivity index (χ3n) is 3.06. The zero-order chi connectivity index (χ0) is 13.9. The number of nitrogens with zero attached hydrogens (tertiary/aromatic N) is 1. The van der Waals surface area contributed by atoms with Crippen LogP contribution in [0.5, 0.6) is 0 Å². The van der Waals surface area contributed by atoms with Crippen molar-refractivity contribution in [3.05, 3.63) is 34.9 Å². The second-order valence-electron chi connectivity index (χ2n) is 4.39. The summed E-state index contributed by atoms with van der Waals surface area (Å²) in [5.74, 6) is 0. The van der Waals surface area contributed by atoms with Crippen LogP contribution in [-0.4, -0.2) is 38.9 Å². The normalized spacial score (nSPS) is 21.5. The predicted molar refractivity (Wildman–Crippen MR) is 76.4 cm³/mol. The molecule has 0 spiro atoms. The highest BCUT2D eigenvalue weighted by atomic mass is 35.5. The minimum Gasteiger partial charge on any atom is -0.313 e. The number of hydrogen-bond acceptors (Lipinski definition) is 3. The molecule has 2 N–H and O–H groups in total. The quantitative estimate of drug-likeness (QED) is 0.877. The van der Waals surface area contributed by atoms with Crippen LogP contribution in [0, 0.1) is 0 Å². The van der Waals surface area contributed by atoms with Gasteiger partial charge in [0.1, 0.15) is 0 Å². The third-order valence-corrected chi connectivity index (χ3v) is 5.01. The van der Waals surface area contributed by atoms with E-state index >= 15 is 0 Å². The molecule has 19 heavy (non-hydrogen) atoms. The lowest BCUT2D eigenvalue weighted by atomic mass is 10.1. The highest BCUT2D eigenvalue weighted by molar-refractivity contribution is 7.87. The minimum atomic E-state index is -3.44. The predicted octanol–water partition coefficient (Wildman–Crippen LogP) is 1.14. The van der Waals surface area contributed by atoms with Crippen LogP contribution in [0.25, 0.3) is 0 Å². The highest BCUT2D eigenvalue weighted by Gasteiger charge is 2.32. The standard InChI is InChI=1S/C12H18ClN3O2S/c1-2-15-19(17,18)16-7-6-14-9-12(16)10-4-3-5-11(13)8-10/h3-5,8,12,14-15H,2,6-7,9H2,1H3. The van der Waals surface area contributed by atoms with E-state index in [1.807, 2.05) is 18.2 Å². The summed E-state index contributed by atoms with van der Waals surface area (Å²) >= 11 is 5.98. The summed E-state index contributed by atoms with van der Waals surface area (Å²) in [7, 11) is -3.44. The molecule has 0 aliphatic carbocycles. The van der Waals surface area contributed by atoms with Gasteiger partial charge in [-0.25, -0.2) is 4.72 Å². The first-order valence-corrected chi connectivity index (χ1v) is 8.09. The summed E-state index contributed by atoms with van der Waals surface area (Å²) in [5.41, 5.74) is 0.904. The van der Waals surface area contributed by atoms with Crippen molar-refractivity contribution >= 4 is 21.8 Å². The lowest BCUT2D eigenvalue weighted by Crippen LogP contribution is -2.52. The number of hydrogen-bond donors (Lipinski definition) is 2. The molecule has 1 aromatic rings. The van der Waals surface area contributed by atoms with Crippen LogP contribution < -0.4 is 10.0 Å². The monoisotopic (exact) mass is 303 g/mol. The fourth-order valence-electron chi connectivity index (χ4n) is 2.24. The van der Waals surface area contributed by atoms with Gasteiger partial charge in [-0.15, -0.1) is 0 Å². The Bertz CT molecular complexity index is 536. The molecule has 1 heterocycles. The second kappa shape index (κ2) is 6.19. The Balaban J connectivity index is 2.31. The highest BCUT2D eigenvalue weighted by Crippen LogP contribution is 2.26. The Morgan fingerprint density at radius 1 is 1.53 bits per heavy atom. The van der Waals surface area contributed by atoms with Gasteiger partial charge >= 0.3 is 0 Å². The van der Waals surface area contributed by atoms with Gasteiger partial charge in [0, 0.05) is 31.2 Å². The average Bonchev–Trinajstić information content (AvgIpc) is 2.39. The van der Waals surface area contributed by atoms with Crippen molar-refractivity contribution in [3.8, 4) is 0 Å². The molecule has 1 saturated heterocycles. The van der Waals surface area contributed by atoms with Crippen molar-refractivity contribution in [3.63, 3.8) is 0 Å². The summed E-state index contributed by atoms with van der Waals surface area (Å²) in [6.45, 7) is 3.85. The topological polar surface area (TPSA) is 61.4 Å². The van der Waals surface area contributed by atoms with Gasteiger partial charge in [-0.05, 0) is 17.7 Å². The van der Waals surface area contributed by atoms with Crippen molar-refractivity contribution < 1.29 is 8.42 Å². The summed E-state index contributed by atoms with van der Waals surface area (Å²) in [6, 6.07) is 7.11. The number of nitrogens with one attached hydrogen (secondary N) is 2. The first-order valence-electron chi connectivity index (χ1n) is 6.27.